The van der Waals surface area contributed by atoms with Gasteiger partial charge in [-0.2, -0.15) is 0 Å². The number of fused-ring (bicyclic) bond motifs is 1. The maximum Gasteiger partial charge on any atom is 0.167 e. The van der Waals surface area contributed by atoms with Crippen LogP contribution < -0.4 is 27.8 Å². The van der Waals surface area contributed by atoms with Crippen LogP contribution in [0.4, 0.5) is 5.82 Å². The second-order valence-electron chi connectivity index (χ2n) is 4.72. The van der Waals surface area contributed by atoms with Gasteiger partial charge in [0.1, 0.15) is 24.2 Å². The summed E-state index contributed by atoms with van der Waals surface area (Å²) in [4.78, 5) is 33.4. The zero-order chi connectivity index (χ0) is 15.9. The summed E-state index contributed by atoms with van der Waals surface area (Å²) in [7, 11) is -5.19. The highest BCUT2D eigenvalue weighted by Crippen LogP contribution is 2.39. The third-order valence-corrected chi connectivity index (χ3v) is 3.85. The van der Waals surface area contributed by atoms with Gasteiger partial charge in [0.05, 0.1) is 26.9 Å². The molecule has 3 rings (SSSR count). The van der Waals surface area contributed by atoms with E-state index in [-0.39, 0.29) is 24.5 Å². The van der Waals surface area contributed by atoms with Gasteiger partial charge in [0.2, 0.25) is 0 Å². The molecule has 0 spiro atoms. The summed E-state index contributed by atoms with van der Waals surface area (Å²) in [5.74, 6) is 0.192. The molecule has 1 fully saturated rings. The van der Waals surface area contributed by atoms with Crippen LogP contribution in [0, 0.1) is 0 Å². The molecule has 13 nitrogen and oxygen atoms in total. The Kier molecular flexibility index (Phi) is 6.32. The number of phosphoric ester groups is 1. The van der Waals surface area contributed by atoms with Crippen LogP contribution in [-0.4, -0.2) is 43.4 Å². The molecule has 1 aliphatic rings. The molecule has 0 saturated carbocycles. The Labute approximate surface area is 136 Å². The van der Waals surface area contributed by atoms with Crippen LogP contribution in [0.15, 0.2) is 12.7 Å². The van der Waals surface area contributed by atoms with E-state index in [1.807, 2.05) is 0 Å². The quantitative estimate of drug-likeness (QED) is 0.464. The minimum atomic E-state index is -5.19. The summed E-state index contributed by atoms with van der Waals surface area (Å²) < 4.78 is 22.2. The van der Waals surface area contributed by atoms with Gasteiger partial charge in [-0.25, -0.2) is 15.0 Å². The number of aromatic nitrogens is 4. The maximum absolute atomic E-state index is 10.8. The Morgan fingerprint density at radius 3 is 2.75 bits per heavy atom. The summed E-state index contributed by atoms with van der Waals surface area (Å²) in [5, 5.41) is 9.24. The molecule has 3 heterocycles. The van der Waals surface area contributed by atoms with Crippen molar-refractivity contribution in [2.45, 2.75) is 24.9 Å². The molecular formula is C10H20N7O6P. The number of quaternary nitrogens is 2. The highest BCUT2D eigenvalue weighted by atomic mass is 31.2. The van der Waals surface area contributed by atoms with E-state index in [0.29, 0.717) is 11.2 Å². The normalized spacial score (nSPS) is 23.7. The molecule has 2 aromatic heterocycles. The Morgan fingerprint density at radius 2 is 2.12 bits per heavy atom. The molecule has 0 aliphatic carbocycles. The molecule has 136 valence electrons. The summed E-state index contributed by atoms with van der Waals surface area (Å²) in [6.07, 6.45) is -0.0233. The fourth-order valence-corrected chi connectivity index (χ4v) is 2.95. The summed E-state index contributed by atoms with van der Waals surface area (Å²) in [6.45, 7) is -0.495. The van der Waals surface area contributed by atoms with Crippen molar-refractivity contribution in [1.29, 1.82) is 0 Å². The number of imidazole rings is 1. The molecule has 24 heavy (non-hydrogen) atoms. The molecule has 14 heteroatoms. The van der Waals surface area contributed by atoms with Crippen LogP contribution in [0.3, 0.4) is 0 Å². The number of hydrogen-bond acceptors (Lipinski definition) is 10. The predicted molar refractivity (Wildman–Crippen MR) is 79.8 cm³/mol. The molecule has 0 amide bonds. The first kappa shape index (κ1) is 20.3. The minimum Gasteiger partial charge on any atom is -0.790 e. The van der Waals surface area contributed by atoms with Crippen molar-refractivity contribution >= 4 is 24.8 Å². The lowest BCUT2D eigenvalue weighted by molar-refractivity contribution is -0.345. The van der Waals surface area contributed by atoms with E-state index in [9.17, 15) is 19.5 Å². The Bertz CT molecular complexity index is 736. The number of hydrogen-bond donors (Lipinski definition) is 4. The third-order valence-electron chi connectivity index (χ3n) is 3.32. The zero-order valence-corrected chi connectivity index (χ0v) is 14.0. The van der Waals surface area contributed by atoms with E-state index in [1.54, 1.807) is 0 Å². The second-order valence-corrected chi connectivity index (χ2v) is 5.83. The smallest absolute Gasteiger partial charge is 0.167 e. The van der Waals surface area contributed by atoms with Crippen LogP contribution in [0.25, 0.3) is 11.2 Å². The molecule has 3 atom stereocenters. The van der Waals surface area contributed by atoms with Crippen LogP contribution >= 0.6 is 7.82 Å². The number of aliphatic hydroxyl groups is 1. The molecule has 0 unspecified atom stereocenters. The van der Waals surface area contributed by atoms with Crippen LogP contribution in [0.2, 0.25) is 0 Å². The summed E-state index contributed by atoms with van der Waals surface area (Å²) in [5.41, 5.74) is 6.44. The van der Waals surface area contributed by atoms with E-state index in [2.05, 4.69) is 19.5 Å². The summed E-state index contributed by atoms with van der Waals surface area (Å²) in [6, 6.07) is 0. The molecule has 0 radical (unpaired) electrons. The average molecular weight is 365 g/mol. The zero-order valence-electron chi connectivity index (χ0n) is 13.1. The molecule has 1 aliphatic heterocycles. The van der Waals surface area contributed by atoms with Crippen molar-refractivity contribution in [3.8, 4) is 0 Å². The van der Waals surface area contributed by atoms with Gasteiger partial charge in [-0.1, -0.05) is 0 Å². The maximum atomic E-state index is 10.8. The lowest BCUT2D eigenvalue weighted by Crippen LogP contribution is -2.31. The van der Waals surface area contributed by atoms with Gasteiger partial charge >= 0.3 is 0 Å². The lowest BCUT2D eigenvalue weighted by Gasteiger charge is -2.32. The SMILES string of the molecule is Nc1ncnc2c1ncn2[C@H]1C[C@H](OP(=O)([O-])[O-])[C@@H](CO)O1.[NH4+].[NH4+]. The van der Waals surface area contributed by atoms with Crippen molar-refractivity contribution in [1.82, 2.24) is 31.8 Å². The standard InChI is InChI=1S/C10H14N5O6P.2H3N/c11-9-8-10(13-3-12-9)15(4-14-8)7-1-5(6(2-16)20-7)21-22(17,18)19;;/h3-7,16H,1-2H2,(H2,11,12,13)(H2,17,18,19);2*1H3/t5-,6+,7+;;/m0../s1. The highest BCUT2D eigenvalue weighted by Gasteiger charge is 2.38. The number of anilines is 1. The van der Waals surface area contributed by atoms with Gasteiger partial charge in [0.15, 0.2) is 11.5 Å². The molecule has 11 N–H and O–H groups in total. The predicted octanol–water partition coefficient (Wildman–Crippen LogP) is -1.35. The van der Waals surface area contributed by atoms with Crippen molar-refractivity contribution in [2.75, 3.05) is 12.3 Å². The Morgan fingerprint density at radius 1 is 1.42 bits per heavy atom. The number of phosphoric acid groups is 1. The first-order valence-corrected chi connectivity index (χ1v) is 7.75. The molecular weight excluding hydrogens is 345 g/mol. The van der Waals surface area contributed by atoms with Gasteiger partial charge in [-0.3, -0.25) is 4.57 Å². The van der Waals surface area contributed by atoms with Crippen molar-refractivity contribution in [3.05, 3.63) is 12.7 Å². The number of nitrogens with two attached hydrogens (primary N) is 1. The molecule has 0 bridgehead atoms. The van der Waals surface area contributed by atoms with Crippen LogP contribution in [0.5, 0.6) is 0 Å². The van der Waals surface area contributed by atoms with E-state index < -0.39 is 32.9 Å². The molecule has 2 aromatic rings. The highest BCUT2D eigenvalue weighted by molar-refractivity contribution is 7.43. The first-order valence-electron chi connectivity index (χ1n) is 6.29. The van der Waals surface area contributed by atoms with Crippen molar-refractivity contribution in [2.24, 2.45) is 0 Å². The van der Waals surface area contributed by atoms with E-state index in [4.69, 9.17) is 10.5 Å². The Balaban J connectivity index is 0.00000144. The lowest BCUT2D eigenvalue weighted by atomic mass is 10.2. The molecule has 1 saturated heterocycles. The fraction of sp³-hybridized carbons (Fsp3) is 0.500. The number of ether oxygens (including phenoxy) is 1. The number of nitrogens with zero attached hydrogens (tertiary/aromatic N) is 4. The van der Waals surface area contributed by atoms with E-state index >= 15 is 0 Å². The average Bonchev–Trinajstić information content (AvgIpc) is 3.01. The Hall–Kier alpha value is -1.70. The van der Waals surface area contributed by atoms with Crippen LogP contribution in [-0.2, 0) is 13.8 Å². The number of nitrogen functional groups attached to an aromatic ring is 1. The van der Waals surface area contributed by atoms with E-state index in [0.717, 1.165) is 0 Å². The topological polar surface area (TPSA) is 244 Å². The van der Waals surface area contributed by atoms with Gasteiger partial charge < -0.3 is 46.8 Å². The number of rotatable bonds is 4. The minimum absolute atomic E-state index is 0. The molecule has 0 aromatic carbocycles. The van der Waals surface area contributed by atoms with Gasteiger partial charge in [-0.15, -0.1) is 0 Å². The second kappa shape index (κ2) is 7.46. The van der Waals surface area contributed by atoms with E-state index in [1.165, 1.54) is 17.2 Å². The van der Waals surface area contributed by atoms with Gasteiger partial charge in [0, 0.05) is 6.42 Å². The van der Waals surface area contributed by atoms with Crippen molar-refractivity contribution < 1.29 is 28.7 Å². The van der Waals surface area contributed by atoms with Crippen molar-refractivity contribution in [3.63, 3.8) is 0 Å². The third kappa shape index (κ3) is 3.85. The van der Waals surface area contributed by atoms with Gasteiger partial charge in [-0.05, 0) is 0 Å². The largest absolute Gasteiger partial charge is 0.790 e. The monoisotopic (exact) mass is 365 g/mol. The first-order chi connectivity index (χ1) is 10.4. The fourth-order valence-electron chi connectivity index (χ4n) is 2.39. The summed E-state index contributed by atoms with van der Waals surface area (Å²) >= 11 is 0. The number of aliphatic hydroxyl groups excluding tert-OH is 1. The van der Waals surface area contributed by atoms with Crippen LogP contribution in [0.1, 0.15) is 12.6 Å². The van der Waals surface area contributed by atoms with Gasteiger partial charge in [0.25, 0.3) is 0 Å².